The van der Waals surface area contributed by atoms with Crippen LogP contribution in [0.25, 0.3) is 0 Å². The van der Waals surface area contributed by atoms with E-state index in [0.717, 1.165) is 12.4 Å². The molecule has 3 heteroatoms. The molecule has 0 aliphatic heterocycles. The van der Waals surface area contributed by atoms with Crippen LogP contribution in [0.15, 0.2) is 12.4 Å². The number of rotatable bonds is 4. The first kappa shape index (κ1) is 10.3. The molecule has 0 fully saturated rings. The van der Waals surface area contributed by atoms with E-state index in [4.69, 9.17) is 0 Å². The Hall–Kier alpha value is -0.830. The lowest BCUT2D eigenvalue weighted by Gasteiger charge is -2.13. The number of nitrogens with one attached hydrogen (secondary N) is 1. The van der Waals surface area contributed by atoms with Crippen LogP contribution in [0.5, 0.6) is 0 Å². The highest BCUT2D eigenvalue weighted by molar-refractivity contribution is 4.93. The molecule has 0 radical (unpaired) electrons. The van der Waals surface area contributed by atoms with Crippen LogP contribution in [0.1, 0.15) is 39.6 Å². The van der Waals surface area contributed by atoms with E-state index in [-0.39, 0.29) is 0 Å². The summed E-state index contributed by atoms with van der Waals surface area (Å²) in [6, 6.07) is 1.00. The van der Waals surface area contributed by atoms with Crippen molar-refractivity contribution < 1.29 is 0 Å². The van der Waals surface area contributed by atoms with E-state index in [0.29, 0.717) is 12.1 Å². The van der Waals surface area contributed by atoms with Crippen molar-refractivity contribution in [2.75, 3.05) is 0 Å². The van der Waals surface area contributed by atoms with E-state index in [2.05, 4.69) is 42.6 Å². The fraction of sp³-hybridized carbons (Fsp3) is 0.700. The third-order valence-corrected chi connectivity index (χ3v) is 1.97. The van der Waals surface area contributed by atoms with Crippen LogP contribution < -0.4 is 5.32 Å². The van der Waals surface area contributed by atoms with Crippen LogP contribution in [-0.4, -0.2) is 15.6 Å². The molecule has 0 bridgehead atoms. The Morgan fingerprint density at radius 3 is 2.62 bits per heavy atom. The first-order valence-electron chi connectivity index (χ1n) is 4.86. The van der Waals surface area contributed by atoms with Gasteiger partial charge in [-0.3, -0.25) is 0 Å². The van der Waals surface area contributed by atoms with E-state index in [1.807, 2.05) is 12.4 Å². The van der Waals surface area contributed by atoms with Crippen molar-refractivity contribution in [2.45, 2.75) is 46.3 Å². The Morgan fingerprint density at radius 1 is 1.38 bits per heavy atom. The van der Waals surface area contributed by atoms with Gasteiger partial charge in [0.05, 0.1) is 6.54 Å². The summed E-state index contributed by atoms with van der Waals surface area (Å²) in [6.07, 6.45) is 3.89. The molecule has 0 unspecified atom stereocenters. The van der Waals surface area contributed by atoms with Crippen molar-refractivity contribution in [1.29, 1.82) is 0 Å². The largest absolute Gasteiger partial charge is 0.331 e. The van der Waals surface area contributed by atoms with Gasteiger partial charge in [0.25, 0.3) is 0 Å². The molecule has 0 aliphatic carbocycles. The summed E-state index contributed by atoms with van der Waals surface area (Å²) in [5.74, 6) is 1.11. The van der Waals surface area contributed by atoms with E-state index in [1.54, 1.807) is 0 Å². The first-order valence-corrected chi connectivity index (χ1v) is 4.86. The van der Waals surface area contributed by atoms with Crippen LogP contribution >= 0.6 is 0 Å². The average molecular weight is 181 g/mol. The van der Waals surface area contributed by atoms with Gasteiger partial charge in [-0.1, -0.05) is 13.8 Å². The topological polar surface area (TPSA) is 29.9 Å². The zero-order valence-electron chi connectivity index (χ0n) is 8.91. The Morgan fingerprint density at radius 2 is 2.08 bits per heavy atom. The molecule has 0 spiro atoms. The number of imidazole rings is 1. The molecule has 1 heterocycles. The zero-order valence-corrected chi connectivity index (χ0v) is 8.91. The maximum Gasteiger partial charge on any atom is 0.122 e. The Bertz CT molecular complexity index is 250. The van der Waals surface area contributed by atoms with Crippen LogP contribution in [0, 0.1) is 0 Å². The van der Waals surface area contributed by atoms with Crippen molar-refractivity contribution in [3.63, 3.8) is 0 Å². The van der Waals surface area contributed by atoms with Gasteiger partial charge in [0.15, 0.2) is 0 Å². The summed E-state index contributed by atoms with van der Waals surface area (Å²) in [5, 5.41) is 3.36. The summed E-state index contributed by atoms with van der Waals surface area (Å²) in [7, 11) is 0. The maximum absolute atomic E-state index is 4.31. The van der Waals surface area contributed by atoms with Gasteiger partial charge in [0, 0.05) is 24.5 Å². The van der Waals surface area contributed by atoms with E-state index in [9.17, 15) is 0 Å². The summed E-state index contributed by atoms with van der Waals surface area (Å²) in [4.78, 5) is 4.31. The molecule has 1 N–H and O–H groups in total. The summed E-state index contributed by atoms with van der Waals surface area (Å²) in [5.41, 5.74) is 0. The Labute approximate surface area is 80.2 Å². The van der Waals surface area contributed by atoms with Gasteiger partial charge < -0.3 is 9.88 Å². The lowest BCUT2D eigenvalue weighted by atomic mass is 10.3. The first-order chi connectivity index (χ1) is 6.11. The minimum Gasteiger partial charge on any atom is -0.331 e. The van der Waals surface area contributed by atoms with Crippen molar-refractivity contribution in [2.24, 2.45) is 0 Å². The Balaban J connectivity index is 2.60. The smallest absolute Gasteiger partial charge is 0.122 e. The highest BCUT2D eigenvalue weighted by Crippen LogP contribution is 2.07. The van der Waals surface area contributed by atoms with Crippen molar-refractivity contribution in [3.8, 4) is 0 Å². The van der Waals surface area contributed by atoms with Crippen molar-refractivity contribution >= 4 is 0 Å². The van der Waals surface area contributed by atoms with Gasteiger partial charge in [-0.15, -0.1) is 0 Å². The lowest BCUT2D eigenvalue weighted by Crippen LogP contribution is -2.24. The molecule has 1 aromatic heterocycles. The van der Waals surface area contributed by atoms with E-state index < -0.39 is 0 Å². The highest BCUT2D eigenvalue weighted by atomic mass is 15.1. The van der Waals surface area contributed by atoms with Gasteiger partial charge in [0.1, 0.15) is 5.82 Å². The predicted octanol–water partition coefficient (Wildman–Crippen LogP) is 1.96. The van der Waals surface area contributed by atoms with Gasteiger partial charge >= 0.3 is 0 Å². The fourth-order valence-corrected chi connectivity index (χ4v) is 1.25. The molecule has 13 heavy (non-hydrogen) atoms. The summed E-state index contributed by atoms with van der Waals surface area (Å²) < 4.78 is 2.19. The zero-order chi connectivity index (χ0) is 9.84. The summed E-state index contributed by atoms with van der Waals surface area (Å²) in [6.45, 7) is 9.47. The van der Waals surface area contributed by atoms with Gasteiger partial charge in [-0.2, -0.15) is 0 Å². The second kappa shape index (κ2) is 4.42. The minimum absolute atomic E-state index is 0.492. The van der Waals surface area contributed by atoms with Crippen molar-refractivity contribution in [3.05, 3.63) is 18.2 Å². The second-order valence-electron chi connectivity index (χ2n) is 3.88. The maximum atomic E-state index is 4.31. The quantitative estimate of drug-likeness (QED) is 0.769. The third kappa shape index (κ3) is 2.84. The molecule has 1 rings (SSSR count). The minimum atomic E-state index is 0.492. The standard InChI is InChI=1S/C10H19N3/c1-8(2)12-7-10-11-5-6-13(10)9(3)4/h5-6,8-9,12H,7H2,1-4H3. The van der Waals surface area contributed by atoms with Crippen LogP contribution in [0.3, 0.4) is 0 Å². The molecule has 0 aliphatic rings. The monoisotopic (exact) mass is 181 g/mol. The molecule has 0 atom stereocenters. The third-order valence-electron chi connectivity index (χ3n) is 1.97. The molecule has 0 saturated heterocycles. The average Bonchev–Trinajstić information content (AvgIpc) is 2.47. The molecular weight excluding hydrogens is 162 g/mol. The molecule has 0 aromatic carbocycles. The number of hydrogen-bond donors (Lipinski definition) is 1. The second-order valence-corrected chi connectivity index (χ2v) is 3.88. The lowest BCUT2D eigenvalue weighted by molar-refractivity contribution is 0.515. The predicted molar refractivity (Wildman–Crippen MR) is 54.6 cm³/mol. The highest BCUT2D eigenvalue weighted by Gasteiger charge is 2.05. The molecular formula is C10H19N3. The normalized spacial score (nSPS) is 11.5. The molecule has 3 nitrogen and oxygen atoms in total. The number of nitrogens with zero attached hydrogens (tertiary/aromatic N) is 2. The Kier molecular flexibility index (Phi) is 3.48. The molecule has 0 amide bonds. The van der Waals surface area contributed by atoms with Gasteiger partial charge in [0.2, 0.25) is 0 Å². The molecule has 0 saturated carbocycles. The van der Waals surface area contributed by atoms with Gasteiger partial charge in [-0.25, -0.2) is 4.98 Å². The van der Waals surface area contributed by atoms with E-state index >= 15 is 0 Å². The fourth-order valence-electron chi connectivity index (χ4n) is 1.25. The van der Waals surface area contributed by atoms with Crippen LogP contribution in [0.4, 0.5) is 0 Å². The number of aromatic nitrogens is 2. The molecule has 74 valence electrons. The van der Waals surface area contributed by atoms with Crippen molar-refractivity contribution in [1.82, 2.24) is 14.9 Å². The SMILES string of the molecule is CC(C)NCc1nccn1C(C)C. The number of hydrogen-bond acceptors (Lipinski definition) is 2. The molecule has 1 aromatic rings. The summed E-state index contributed by atoms with van der Waals surface area (Å²) >= 11 is 0. The van der Waals surface area contributed by atoms with Gasteiger partial charge in [-0.05, 0) is 13.8 Å². The van der Waals surface area contributed by atoms with Crippen LogP contribution in [0.2, 0.25) is 0 Å². The van der Waals surface area contributed by atoms with E-state index in [1.165, 1.54) is 0 Å². The van der Waals surface area contributed by atoms with Crippen LogP contribution in [-0.2, 0) is 6.54 Å².